The molecular formula is C25H36N4OS. The molecule has 0 saturated carbocycles. The molecule has 2 aromatic carbocycles. The van der Waals surface area contributed by atoms with Crippen molar-refractivity contribution >= 4 is 28.7 Å². The second-order valence-electron chi connectivity index (χ2n) is 8.47. The fourth-order valence-corrected chi connectivity index (χ4v) is 4.03. The number of nitrogens with one attached hydrogen (secondary N) is 1. The number of benzene rings is 2. The van der Waals surface area contributed by atoms with Crippen molar-refractivity contribution in [2.45, 2.75) is 26.8 Å². The van der Waals surface area contributed by atoms with E-state index >= 15 is 0 Å². The number of aryl methyl sites for hydroxylation is 1. The van der Waals surface area contributed by atoms with Crippen LogP contribution < -0.4 is 10.2 Å². The zero-order valence-electron chi connectivity index (χ0n) is 19.4. The Morgan fingerprint density at radius 2 is 1.77 bits per heavy atom. The Labute approximate surface area is 193 Å². The first-order chi connectivity index (χ1) is 14.9. The van der Waals surface area contributed by atoms with E-state index < -0.39 is 0 Å². The number of ether oxygens (including phenoxy) is 1. The maximum atomic E-state index is 5.87. The van der Waals surface area contributed by atoms with Gasteiger partial charge < -0.3 is 19.9 Å². The molecule has 1 saturated heterocycles. The van der Waals surface area contributed by atoms with Crippen molar-refractivity contribution in [3.8, 4) is 0 Å². The van der Waals surface area contributed by atoms with Crippen molar-refractivity contribution in [3.63, 3.8) is 0 Å². The minimum absolute atomic E-state index is 0.785. The molecule has 6 heteroatoms. The average Bonchev–Trinajstić information content (AvgIpc) is 2.77. The van der Waals surface area contributed by atoms with Crippen LogP contribution in [0.4, 0.5) is 11.4 Å². The molecule has 0 aliphatic carbocycles. The molecule has 168 valence electrons. The van der Waals surface area contributed by atoms with E-state index in [0.717, 1.165) is 63.2 Å². The van der Waals surface area contributed by atoms with Crippen molar-refractivity contribution in [1.29, 1.82) is 0 Å². The lowest BCUT2D eigenvalue weighted by molar-refractivity contribution is 0.0368. The summed E-state index contributed by atoms with van der Waals surface area (Å²) < 4.78 is 5.47. The fraction of sp³-hybridized carbons (Fsp3) is 0.480. The topological polar surface area (TPSA) is 31.0 Å². The van der Waals surface area contributed by atoms with Gasteiger partial charge in [0.15, 0.2) is 5.11 Å². The summed E-state index contributed by atoms with van der Waals surface area (Å²) in [5, 5.41) is 4.29. The van der Waals surface area contributed by atoms with E-state index in [2.05, 4.69) is 90.4 Å². The van der Waals surface area contributed by atoms with Gasteiger partial charge in [-0.3, -0.25) is 4.90 Å². The van der Waals surface area contributed by atoms with Crippen molar-refractivity contribution in [3.05, 3.63) is 59.2 Å². The number of anilines is 2. The van der Waals surface area contributed by atoms with Crippen LogP contribution in [-0.4, -0.2) is 68.4 Å². The summed E-state index contributed by atoms with van der Waals surface area (Å²) in [6, 6.07) is 15.1. The van der Waals surface area contributed by atoms with Gasteiger partial charge in [-0.05, 0) is 67.4 Å². The van der Waals surface area contributed by atoms with Crippen LogP contribution in [0.3, 0.4) is 0 Å². The van der Waals surface area contributed by atoms with E-state index in [1.54, 1.807) is 0 Å². The lowest BCUT2D eigenvalue weighted by Gasteiger charge is -2.30. The highest BCUT2D eigenvalue weighted by atomic mass is 32.1. The molecular weight excluding hydrogens is 404 g/mol. The summed E-state index contributed by atoms with van der Waals surface area (Å²) in [4.78, 5) is 6.90. The van der Waals surface area contributed by atoms with Gasteiger partial charge in [0.05, 0.1) is 13.2 Å². The number of rotatable bonds is 8. The van der Waals surface area contributed by atoms with Crippen LogP contribution in [0.15, 0.2) is 42.5 Å². The average molecular weight is 441 g/mol. The highest BCUT2D eigenvalue weighted by molar-refractivity contribution is 7.80. The summed E-state index contributed by atoms with van der Waals surface area (Å²) >= 11 is 5.87. The summed E-state index contributed by atoms with van der Waals surface area (Å²) in [7, 11) is 4.13. The molecule has 1 aliphatic rings. The maximum Gasteiger partial charge on any atom is 0.173 e. The first-order valence-electron chi connectivity index (χ1n) is 11.1. The van der Waals surface area contributed by atoms with Crippen molar-refractivity contribution in [1.82, 2.24) is 9.80 Å². The second kappa shape index (κ2) is 11.5. The van der Waals surface area contributed by atoms with Crippen LogP contribution in [0.1, 0.15) is 23.1 Å². The molecule has 0 bridgehead atoms. The molecule has 0 atom stereocenters. The monoisotopic (exact) mass is 440 g/mol. The first-order valence-corrected chi connectivity index (χ1v) is 11.5. The summed E-state index contributed by atoms with van der Waals surface area (Å²) in [5.41, 5.74) is 6.08. The number of nitrogens with zero attached hydrogens (tertiary/aromatic N) is 3. The largest absolute Gasteiger partial charge is 0.379 e. The zero-order chi connectivity index (χ0) is 22.2. The van der Waals surface area contributed by atoms with E-state index in [1.807, 2.05) is 0 Å². The number of hydrogen-bond acceptors (Lipinski definition) is 4. The van der Waals surface area contributed by atoms with Crippen LogP contribution in [0.5, 0.6) is 0 Å². The second-order valence-corrected chi connectivity index (χ2v) is 8.85. The van der Waals surface area contributed by atoms with Crippen LogP contribution >= 0.6 is 12.2 Å². The fourth-order valence-electron chi connectivity index (χ4n) is 3.76. The van der Waals surface area contributed by atoms with Gasteiger partial charge in [-0.25, -0.2) is 0 Å². The molecule has 1 aliphatic heterocycles. The quantitative estimate of drug-likeness (QED) is 0.616. The summed E-state index contributed by atoms with van der Waals surface area (Å²) in [5.74, 6) is 0. The predicted molar refractivity (Wildman–Crippen MR) is 135 cm³/mol. The molecule has 0 amide bonds. The minimum Gasteiger partial charge on any atom is -0.379 e. The van der Waals surface area contributed by atoms with E-state index in [0.29, 0.717) is 0 Å². The van der Waals surface area contributed by atoms with Gasteiger partial charge >= 0.3 is 0 Å². The number of thiocarbonyl (C=S) groups is 1. The Kier molecular flexibility index (Phi) is 8.69. The molecule has 0 unspecified atom stereocenters. The Hall–Kier alpha value is -2.15. The molecule has 1 fully saturated rings. The molecule has 1 heterocycles. The molecule has 3 rings (SSSR count). The summed E-state index contributed by atoms with van der Waals surface area (Å²) in [6.45, 7) is 10.8. The van der Waals surface area contributed by atoms with Crippen LogP contribution in [0.25, 0.3) is 0 Å². The third-order valence-electron chi connectivity index (χ3n) is 5.97. The van der Waals surface area contributed by atoms with Gasteiger partial charge in [0.25, 0.3) is 0 Å². The molecule has 0 aromatic heterocycles. The van der Waals surface area contributed by atoms with Crippen LogP contribution in [-0.2, 0) is 11.3 Å². The van der Waals surface area contributed by atoms with Crippen molar-refractivity contribution in [2.24, 2.45) is 0 Å². The Morgan fingerprint density at radius 1 is 1.06 bits per heavy atom. The number of hydrogen-bond donors (Lipinski definition) is 1. The van der Waals surface area contributed by atoms with E-state index in [-0.39, 0.29) is 0 Å². The van der Waals surface area contributed by atoms with Gasteiger partial charge in [-0.2, -0.15) is 0 Å². The van der Waals surface area contributed by atoms with E-state index in [1.165, 1.54) is 22.4 Å². The Morgan fingerprint density at radius 3 is 2.45 bits per heavy atom. The zero-order valence-corrected chi connectivity index (χ0v) is 20.2. The van der Waals surface area contributed by atoms with Crippen molar-refractivity contribution in [2.75, 3.05) is 63.7 Å². The molecule has 1 N–H and O–H groups in total. The Balaban J connectivity index is 1.67. The van der Waals surface area contributed by atoms with Crippen molar-refractivity contribution < 1.29 is 4.74 Å². The maximum absolute atomic E-state index is 5.87. The van der Waals surface area contributed by atoms with Crippen LogP contribution in [0.2, 0.25) is 0 Å². The third kappa shape index (κ3) is 6.92. The molecule has 2 aromatic rings. The van der Waals surface area contributed by atoms with Gasteiger partial charge in [0, 0.05) is 58.2 Å². The van der Waals surface area contributed by atoms with E-state index in [9.17, 15) is 0 Å². The smallest absolute Gasteiger partial charge is 0.173 e. The molecule has 5 nitrogen and oxygen atoms in total. The predicted octanol–water partition coefficient (Wildman–Crippen LogP) is 4.29. The molecule has 31 heavy (non-hydrogen) atoms. The Bertz CT molecular complexity index is 847. The standard InChI is InChI=1S/C25H36N4OS/c1-20-7-5-8-24(21(20)2)26-25(31)29(14-6-13-28-15-17-30-18-16-28)19-22-9-11-23(12-10-22)27(3)4/h5,7-12H,6,13-19H2,1-4H3,(H,26,31). The molecule has 0 spiro atoms. The lowest BCUT2D eigenvalue weighted by atomic mass is 10.1. The highest BCUT2D eigenvalue weighted by Gasteiger charge is 2.15. The van der Waals surface area contributed by atoms with Gasteiger partial charge in [-0.15, -0.1) is 0 Å². The van der Waals surface area contributed by atoms with E-state index in [4.69, 9.17) is 17.0 Å². The third-order valence-corrected chi connectivity index (χ3v) is 6.33. The SMILES string of the molecule is Cc1cccc(NC(=S)N(CCCN2CCOCC2)Cc2ccc(N(C)C)cc2)c1C. The van der Waals surface area contributed by atoms with Gasteiger partial charge in [0.2, 0.25) is 0 Å². The van der Waals surface area contributed by atoms with Gasteiger partial charge in [0.1, 0.15) is 0 Å². The normalized spacial score (nSPS) is 14.3. The van der Waals surface area contributed by atoms with Crippen LogP contribution in [0, 0.1) is 13.8 Å². The number of morpholine rings is 1. The highest BCUT2D eigenvalue weighted by Crippen LogP contribution is 2.20. The minimum atomic E-state index is 0.785. The summed E-state index contributed by atoms with van der Waals surface area (Å²) in [6.07, 6.45) is 1.07. The first kappa shape index (κ1) is 23.5. The molecule has 0 radical (unpaired) electrons. The van der Waals surface area contributed by atoms with Gasteiger partial charge in [-0.1, -0.05) is 24.3 Å². The lowest BCUT2D eigenvalue weighted by Crippen LogP contribution is -2.40.